The summed E-state index contributed by atoms with van der Waals surface area (Å²) >= 11 is 0. The maximum atomic E-state index is 11.3. The van der Waals surface area contributed by atoms with Crippen LogP contribution in [-0.2, 0) is 14.6 Å². The fraction of sp³-hybridized carbons (Fsp3) is 0.889. The molecule has 0 aromatic heterocycles. The van der Waals surface area contributed by atoms with Crippen LogP contribution in [0, 0.1) is 6.61 Å². The van der Waals surface area contributed by atoms with Crippen LogP contribution in [0.25, 0.3) is 0 Å². The van der Waals surface area contributed by atoms with Crippen molar-refractivity contribution >= 4 is 9.84 Å². The highest BCUT2D eigenvalue weighted by Gasteiger charge is 2.09. The molecule has 0 unspecified atom stereocenters. The predicted molar refractivity (Wildman–Crippen MR) is 54.1 cm³/mol. The molecule has 13 heavy (non-hydrogen) atoms. The van der Waals surface area contributed by atoms with Crippen molar-refractivity contribution in [1.29, 1.82) is 0 Å². The van der Waals surface area contributed by atoms with E-state index in [-0.39, 0.29) is 12.4 Å². The van der Waals surface area contributed by atoms with Crippen LogP contribution in [0.3, 0.4) is 0 Å². The molecule has 0 saturated carbocycles. The van der Waals surface area contributed by atoms with Gasteiger partial charge in [0.1, 0.15) is 0 Å². The number of rotatable bonds is 8. The average Bonchev–Trinajstić information content (AvgIpc) is 2.05. The highest BCUT2D eigenvalue weighted by atomic mass is 32.2. The number of ether oxygens (including phenoxy) is 1. The number of hydrogen-bond donors (Lipinski definition) is 0. The smallest absolute Gasteiger partial charge is 0.152 e. The lowest BCUT2D eigenvalue weighted by molar-refractivity contribution is 0.223. The highest BCUT2D eigenvalue weighted by molar-refractivity contribution is 7.91. The van der Waals surface area contributed by atoms with E-state index in [0.717, 1.165) is 19.3 Å². The zero-order chi connectivity index (χ0) is 10.2. The number of sulfone groups is 1. The van der Waals surface area contributed by atoms with Crippen molar-refractivity contribution < 1.29 is 13.2 Å². The molecule has 0 rings (SSSR count). The van der Waals surface area contributed by atoms with Gasteiger partial charge in [0, 0.05) is 0 Å². The minimum absolute atomic E-state index is 0.140. The van der Waals surface area contributed by atoms with Crippen LogP contribution in [0.4, 0.5) is 0 Å². The van der Waals surface area contributed by atoms with Gasteiger partial charge in [-0.25, -0.2) is 8.42 Å². The van der Waals surface area contributed by atoms with Gasteiger partial charge in [0.15, 0.2) is 9.84 Å². The predicted octanol–water partition coefficient (Wildman–Crippen LogP) is 1.79. The maximum absolute atomic E-state index is 11.3. The van der Waals surface area contributed by atoms with Crippen molar-refractivity contribution in [3.63, 3.8) is 0 Å². The maximum Gasteiger partial charge on any atom is 0.152 e. The molecule has 0 aromatic rings. The molecular formula is C9H19O3S. The first-order valence-corrected chi connectivity index (χ1v) is 6.54. The third kappa shape index (κ3) is 8.25. The van der Waals surface area contributed by atoms with Crippen LogP contribution in [0.2, 0.25) is 0 Å². The lowest BCUT2D eigenvalue weighted by Gasteiger charge is -2.03. The van der Waals surface area contributed by atoms with E-state index in [2.05, 4.69) is 6.92 Å². The summed E-state index contributed by atoms with van der Waals surface area (Å²) < 4.78 is 27.4. The second-order valence-electron chi connectivity index (χ2n) is 2.97. The fourth-order valence-corrected chi connectivity index (χ4v) is 2.17. The van der Waals surface area contributed by atoms with Crippen LogP contribution in [0.15, 0.2) is 0 Å². The molecule has 1 radical (unpaired) electrons. The molecule has 0 aliphatic heterocycles. The summed E-state index contributed by atoms with van der Waals surface area (Å²) in [5.74, 6) is 0.439. The summed E-state index contributed by atoms with van der Waals surface area (Å²) in [5, 5.41) is 0. The van der Waals surface area contributed by atoms with Crippen molar-refractivity contribution in [3.8, 4) is 0 Å². The topological polar surface area (TPSA) is 43.4 Å². The molecule has 0 N–H and O–H groups in total. The number of hydrogen-bond acceptors (Lipinski definition) is 3. The average molecular weight is 207 g/mol. The molecule has 0 aliphatic carbocycles. The normalized spacial score (nSPS) is 11.8. The molecule has 0 bridgehead atoms. The zero-order valence-electron chi connectivity index (χ0n) is 8.45. The highest BCUT2D eigenvalue weighted by Crippen LogP contribution is 2.00. The van der Waals surface area contributed by atoms with E-state index in [9.17, 15) is 8.42 Å². The van der Waals surface area contributed by atoms with E-state index in [1.807, 2.05) is 0 Å². The molecule has 0 atom stereocenters. The van der Waals surface area contributed by atoms with E-state index >= 15 is 0 Å². The molecule has 0 fully saturated rings. The fourth-order valence-electron chi connectivity index (χ4n) is 0.967. The molecule has 0 heterocycles. The quantitative estimate of drug-likeness (QED) is 0.570. The van der Waals surface area contributed by atoms with Gasteiger partial charge >= 0.3 is 0 Å². The summed E-state index contributed by atoms with van der Waals surface area (Å²) in [6, 6.07) is 0. The minimum atomic E-state index is -2.87. The van der Waals surface area contributed by atoms with E-state index in [4.69, 9.17) is 4.74 Å². The Hall–Kier alpha value is -0.0900. The molecule has 0 spiro atoms. The Bertz CT molecular complexity index is 181. The van der Waals surface area contributed by atoms with Crippen LogP contribution >= 0.6 is 0 Å². The van der Waals surface area contributed by atoms with Gasteiger partial charge in [-0.1, -0.05) is 19.8 Å². The minimum Gasteiger partial charge on any atom is -0.375 e. The summed E-state index contributed by atoms with van der Waals surface area (Å²) in [4.78, 5) is 0. The standard InChI is InChI=1S/C9H19O3S/c1-3-5-6-8-13(10,11)9-7-12-4-2/h4H,3,5-9H2,1-2H3. The first-order valence-electron chi connectivity index (χ1n) is 4.72. The van der Waals surface area contributed by atoms with Gasteiger partial charge in [0.25, 0.3) is 0 Å². The van der Waals surface area contributed by atoms with Crippen LogP contribution in [0.1, 0.15) is 33.1 Å². The third-order valence-corrected chi connectivity index (χ3v) is 3.44. The van der Waals surface area contributed by atoms with Crippen molar-refractivity contribution in [1.82, 2.24) is 0 Å². The van der Waals surface area contributed by atoms with Crippen LogP contribution in [0.5, 0.6) is 0 Å². The molecule has 3 nitrogen and oxygen atoms in total. The Morgan fingerprint density at radius 2 is 1.92 bits per heavy atom. The van der Waals surface area contributed by atoms with Gasteiger partial charge in [-0.3, -0.25) is 0 Å². The van der Waals surface area contributed by atoms with Crippen molar-refractivity contribution in [2.75, 3.05) is 18.1 Å². The van der Waals surface area contributed by atoms with Gasteiger partial charge in [0.05, 0.1) is 24.7 Å². The van der Waals surface area contributed by atoms with E-state index in [1.54, 1.807) is 6.92 Å². The first-order chi connectivity index (χ1) is 6.12. The molecule has 0 aromatic carbocycles. The van der Waals surface area contributed by atoms with Gasteiger partial charge < -0.3 is 4.74 Å². The van der Waals surface area contributed by atoms with Gasteiger partial charge in [-0.15, -0.1) is 0 Å². The van der Waals surface area contributed by atoms with Crippen molar-refractivity contribution in [2.24, 2.45) is 0 Å². The Morgan fingerprint density at radius 1 is 1.23 bits per heavy atom. The van der Waals surface area contributed by atoms with Gasteiger partial charge in [-0.05, 0) is 13.3 Å². The molecule has 4 heteroatoms. The van der Waals surface area contributed by atoms with Crippen LogP contribution < -0.4 is 0 Å². The van der Waals surface area contributed by atoms with E-state index in [0.29, 0.717) is 5.75 Å². The number of unbranched alkanes of at least 4 members (excludes halogenated alkanes) is 2. The van der Waals surface area contributed by atoms with Crippen molar-refractivity contribution in [2.45, 2.75) is 33.1 Å². The van der Waals surface area contributed by atoms with Crippen molar-refractivity contribution in [3.05, 3.63) is 6.61 Å². The second-order valence-corrected chi connectivity index (χ2v) is 5.27. The summed E-state index contributed by atoms with van der Waals surface area (Å²) in [5.41, 5.74) is 0. The molecule has 0 aliphatic rings. The van der Waals surface area contributed by atoms with Crippen LogP contribution in [-0.4, -0.2) is 26.5 Å². The molecule has 0 saturated heterocycles. The lowest BCUT2D eigenvalue weighted by Crippen LogP contribution is -2.15. The Balaban J connectivity index is 3.55. The summed E-state index contributed by atoms with van der Waals surface area (Å²) in [6.45, 7) is 5.60. The molecule has 0 amide bonds. The Morgan fingerprint density at radius 3 is 2.46 bits per heavy atom. The van der Waals surface area contributed by atoms with E-state index in [1.165, 1.54) is 6.61 Å². The Kier molecular flexibility index (Phi) is 7.28. The second kappa shape index (κ2) is 7.33. The van der Waals surface area contributed by atoms with Gasteiger partial charge in [-0.2, -0.15) is 0 Å². The third-order valence-electron chi connectivity index (χ3n) is 1.74. The van der Waals surface area contributed by atoms with Gasteiger partial charge in [0.2, 0.25) is 0 Å². The molecular weight excluding hydrogens is 188 g/mol. The SMILES string of the molecule is C[CH]OCCS(=O)(=O)CCCCC. The monoisotopic (exact) mass is 207 g/mol. The largest absolute Gasteiger partial charge is 0.375 e. The summed E-state index contributed by atoms with van der Waals surface area (Å²) in [6.07, 6.45) is 2.81. The first kappa shape index (κ1) is 12.9. The Labute approximate surface area is 81.4 Å². The zero-order valence-corrected chi connectivity index (χ0v) is 9.27. The molecule has 79 valence electrons. The van der Waals surface area contributed by atoms with E-state index < -0.39 is 9.84 Å². The lowest BCUT2D eigenvalue weighted by atomic mass is 10.3. The summed E-state index contributed by atoms with van der Waals surface area (Å²) in [7, 11) is -2.87.